The molecule has 2 aliphatic rings. The van der Waals surface area contributed by atoms with Crippen molar-refractivity contribution in [3.8, 4) is 0 Å². The minimum absolute atomic E-state index is 0.140. The monoisotopic (exact) mass is 334 g/mol. The van der Waals surface area contributed by atoms with Gasteiger partial charge in [0.05, 0.1) is 0 Å². The molecule has 0 aliphatic carbocycles. The predicted molar refractivity (Wildman–Crippen MR) is 88.4 cm³/mol. The highest BCUT2D eigenvalue weighted by Crippen LogP contribution is 2.45. The number of hydrogen-bond donors (Lipinski definition) is 1. The lowest BCUT2D eigenvalue weighted by atomic mass is 9.69. The first kappa shape index (κ1) is 16.7. The first-order chi connectivity index (χ1) is 11.2. The predicted octanol–water partition coefficient (Wildman–Crippen LogP) is 3.44. The van der Waals surface area contributed by atoms with Gasteiger partial charge in [-0.25, -0.2) is 9.18 Å². The molecule has 1 atom stereocenters. The molecule has 5 nitrogen and oxygen atoms in total. The van der Waals surface area contributed by atoms with Crippen molar-refractivity contribution in [1.82, 2.24) is 4.90 Å². The van der Waals surface area contributed by atoms with Gasteiger partial charge in [-0.3, -0.25) is 4.79 Å². The molecule has 3 rings (SSSR count). The number of hydrogen-bond acceptors (Lipinski definition) is 3. The van der Waals surface area contributed by atoms with Crippen LogP contribution in [0.3, 0.4) is 0 Å². The molecule has 0 saturated carbocycles. The smallest absolute Gasteiger partial charge is 0.410 e. The Balaban J connectivity index is 1.94. The molecule has 1 aromatic rings. The summed E-state index contributed by atoms with van der Waals surface area (Å²) < 4.78 is 20.0. The van der Waals surface area contributed by atoms with Crippen molar-refractivity contribution in [3.05, 3.63) is 29.6 Å². The van der Waals surface area contributed by atoms with E-state index in [2.05, 4.69) is 5.32 Å². The van der Waals surface area contributed by atoms with Crippen LogP contribution in [0.5, 0.6) is 0 Å². The van der Waals surface area contributed by atoms with Gasteiger partial charge in [0.1, 0.15) is 11.4 Å². The summed E-state index contributed by atoms with van der Waals surface area (Å²) in [5, 5.41) is 2.74. The first-order valence-corrected chi connectivity index (χ1v) is 8.27. The molecule has 1 spiro atoms. The average molecular weight is 334 g/mol. The number of nitrogens with zero attached hydrogens (tertiary/aromatic N) is 1. The van der Waals surface area contributed by atoms with Crippen LogP contribution in [-0.4, -0.2) is 35.6 Å². The fourth-order valence-corrected chi connectivity index (χ4v) is 3.72. The van der Waals surface area contributed by atoms with Crippen LogP contribution in [0.25, 0.3) is 0 Å². The number of fused-ring (bicyclic) bond motifs is 2. The maximum atomic E-state index is 14.5. The molecule has 1 fully saturated rings. The maximum absolute atomic E-state index is 14.5. The molecule has 1 aromatic carbocycles. The van der Waals surface area contributed by atoms with Gasteiger partial charge in [0.2, 0.25) is 5.91 Å². The number of nitrogens with one attached hydrogen (secondary N) is 1. The SMILES string of the molecule is CC(C)(C)OC(=O)N1CCCC2(CC(=O)Nc3cccc(F)c32)C1. The third kappa shape index (κ3) is 3.09. The Morgan fingerprint density at radius 2 is 2.12 bits per heavy atom. The lowest BCUT2D eigenvalue weighted by molar-refractivity contribution is -0.118. The summed E-state index contributed by atoms with van der Waals surface area (Å²) in [6.45, 7) is 6.29. The minimum Gasteiger partial charge on any atom is -0.444 e. The van der Waals surface area contributed by atoms with Gasteiger partial charge in [-0.05, 0) is 45.7 Å². The van der Waals surface area contributed by atoms with Crippen molar-refractivity contribution in [2.45, 2.75) is 51.0 Å². The second-order valence-electron chi connectivity index (χ2n) is 7.67. The van der Waals surface area contributed by atoms with Crippen LogP contribution in [-0.2, 0) is 14.9 Å². The molecule has 2 aliphatic heterocycles. The number of anilines is 1. The molecule has 0 bridgehead atoms. The summed E-state index contributed by atoms with van der Waals surface area (Å²) in [6, 6.07) is 4.70. The van der Waals surface area contributed by atoms with Gasteiger partial charge in [0.25, 0.3) is 0 Å². The molecule has 6 heteroatoms. The van der Waals surface area contributed by atoms with E-state index >= 15 is 0 Å². The summed E-state index contributed by atoms with van der Waals surface area (Å²) >= 11 is 0. The Labute approximate surface area is 141 Å². The summed E-state index contributed by atoms with van der Waals surface area (Å²) in [6.07, 6.45) is 1.15. The van der Waals surface area contributed by atoms with Gasteiger partial charge in [0, 0.05) is 36.2 Å². The number of likely N-dealkylation sites (tertiary alicyclic amines) is 1. The molecule has 24 heavy (non-hydrogen) atoms. The van der Waals surface area contributed by atoms with E-state index in [-0.39, 0.29) is 18.1 Å². The first-order valence-electron chi connectivity index (χ1n) is 8.27. The number of carbonyl (C=O) groups excluding carboxylic acids is 2. The molecule has 2 heterocycles. The fraction of sp³-hybridized carbons (Fsp3) is 0.556. The van der Waals surface area contributed by atoms with Crippen molar-refractivity contribution >= 4 is 17.7 Å². The van der Waals surface area contributed by atoms with E-state index in [4.69, 9.17) is 4.74 Å². The van der Waals surface area contributed by atoms with Crippen molar-refractivity contribution in [1.29, 1.82) is 0 Å². The molecule has 2 amide bonds. The number of rotatable bonds is 0. The normalized spacial score (nSPS) is 23.7. The molecule has 1 saturated heterocycles. The summed E-state index contributed by atoms with van der Waals surface area (Å²) in [5.74, 6) is -0.474. The van der Waals surface area contributed by atoms with Crippen LogP contribution in [0.1, 0.15) is 45.6 Å². The second-order valence-corrected chi connectivity index (χ2v) is 7.67. The highest BCUT2D eigenvalue weighted by atomic mass is 19.1. The third-order valence-electron chi connectivity index (χ3n) is 4.55. The van der Waals surface area contributed by atoms with E-state index in [9.17, 15) is 14.0 Å². The molecule has 0 aromatic heterocycles. The molecular formula is C18H23FN2O3. The maximum Gasteiger partial charge on any atom is 0.410 e. The van der Waals surface area contributed by atoms with Crippen molar-refractivity contribution in [3.63, 3.8) is 0 Å². The van der Waals surface area contributed by atoms with E-state index in [1.165, 1.54) is 6.07 Å². The molecule has 1 unspecified atom stereocenters. The number of halogens is 1. The van der Waals surface area contributed by atoms with Crippen molar-refractivity contribution in [2.24, 2.45) is 0 Å². The average Bonchev–Trinajstić information content (AvgIpc) is 2.45. The van der Waals surface area contributed by atoms with Crippen LogP contribution in [0.4, 0.5) is 14.9 Å². The van der Waals surface area contributed by atoms with Gasteiger partial charge >= 0.3 is 6.09 Å². The molecule has 130 valence electrons. The number of ether oxygens (including phenoxy) is 1. The van der Waals surface area contributed by atoms with Gasteiger partial charge < -0.3 is 15.0 Å². The lowest BCUT2D eigenvalue weighted by Crippen LogP contribution is -2.53. The Morgan fingerprint density at radius 3 is 2.83 bits per heavy atom. The highest BCUT2D eigenvalue weighted by Gasteiger charge is 2.46. The van der Waals surface area contributed by atoms with Gasteiger partial charge in [-0.1, -0.05) is 6.07 Å². The van der Waals surface area contributed by atoms with Crippen LogP contribution >= 0.6 is 0 Å². The Morgan fingerprint density at radius 1 is 1.38 bits per heavy atom. The largest absolute Gasteiger partial charge is 0.444 e. The fourth-order valence-electron chi connectivity index (χ4n) is 3.72. The van der Waals surface area contributed by atoms with E-state index in [0.717, 1.165) is 0 Å². The van der Waals surface area contributed by atoms with Gasteiger partial charge in [-0.2, -0.15) is 0 Å². The molecule has 0 radical (unpaired) electrons. The number of amides is 2. The molecular weight excluding hydrogens is 311 g/mol. The van der Waals surface area contributed by atoms with Crippen molar-refractivity contribution in [2.75, 3.05) is 18.4 Å². The van der Waals surface area contributed by atoms with Crippen LogP contribution in [0.2, 0.25) is 0 Å². The van der Waals surface area contributed by atoms with Crippen LogP contribution in [0.15, 0.2) is 18.2 Å². The zero-order valence-corrected chi connectivity index (χ0v) is 14.3. The highest BCUT2D eigenvalue weighted by molar-refractivity contribution is 5.95. The second kappa shape index (κ2) is 5.76. The number of piperidine rings is 1. The number of benzene rings is 1. The Bertz CT molecular complexity index is 683. The summed E-state index contributed by atoms with van der Waals surface area (Å²) in [7, 11) is 0. The Hall–Kier alpha value is -2.11. The number of carbonyl (C=O) groups is 2. The zero-order valence-electron chi connectivity index (χ0n) is 14.3. The zero-order chi connectivity index (χ0) is 17.5. The van der Waals surface area contributed by atoms with E-state index < -0.39 is 17.1 Å². The Kier molecular flexibility index (Phi) is 4.01. The topological polar surface area (TPSA) is 58.6 Å². The lowest BCUT2D eigenvalue weighted by Gasteiger charge is -2.45. The minimum atomic E-state index is -0.682. The summed E-state index contributed by atoms with van der Waals surface area (Å²) in [4.78, 5) is 26.2. The van der Waals surface area contributed by atoms with E-state index in [0.29, 0.717) is 37.2 Å². The third-order valence-corrected chi connectivity index (χ3v) is 4.55. The van der Waals surface area contributed by atoms with Crippen LogP contribution < -0.4 is 5.32 Å². The standard InChI is InChI=1S/C18H23FN2O3/c1-17(2,3)24-16(23)21-9-5-8-18(11-21)10-14(22)20-13-7-4-6-12(19)15(13)18/h4,6-7H,5,8-11H2,1-3H3,(H,20,22). The summed E-state index contributed by atoms with van der Waals surface area (Å²) in [5.41, 5.74) is -0.248. The van der Waals surface area contributed by atoms with Gasteiger partial charge in [0.15, 0.2) is 0 Å². The van der Waals surface area contributed by atoms with E-state index in [1.807, 2.05) is 20.8 Å². The van der Waals surface area contributed by atoms with Crippen molar-refractivity contribution < 1.29 is 18.7 Å². The quantitative estimate of drug-likeness (QED) is 0.791. The van der Waals surface area contributed by atoms with E-state index in [1.54, 1.807) is 17.0 Å². The molecule has 1 N–H and O–H groups in total. The van der Waals surface area contributed by atoms with Gasteiger partial charge in [-0.15, -0.1) is 0 Å². The van der Waals surface area contributed by atoms with Crippen LogP contribution in [0, 0.1) is 5.82 Å².